The summed E-state index contributed by atoms with van der Waals surface area (Å²) in [5.41, 5.74) is 0.276. The second-order valence-corrected chi connectivity index (χ2v) is 4.18. The summed E-state index contributed by atoms with van der Waals surface area (Å²) in [6.45, 7) is 1.32. The molecule has 16 heavy (non-hydrogen) atoms. The summed E-state index contributed by atoms with van der Waals surface area (Å²) >= 11 is 1.97. The predicted octanol–water partition coefficient (Wildman–Crippen LogP) is 1.96. The zero-order valence-electron chi connectivity index (χ0n) is 8.70. The lowest BCUT2D eigenvalue weighted by molar-refractivity contribution is -0.114. The van der Waals surface area contributed by atoms with Crippen molar-refractivity contribution in [1.82, 2.24) is 0 Å². The molecular weight excluding hydrogens is 325 g/mol. The molecule has 0 spiro atoms. The SMILES string of the molecule is COc1cc(NC(C)=O)c(C(=O)O)cc1I. The van der Waals surface area contributed by atoms with E-state index in [1.165, 1.54) is 26.2 Å². The van der Waals surface area contributed by atoms with Crippen LogP contribution in [0, 0.1) is 3.57 Å². The first-order chi connectivity index (χ1) is 7.45. The van der Waals surface area contributed by atoms with Gasteiger partial charge in [0.25, 0.3) is 0 Å². The minimum absolute atomic E-state index is 0.0420. The van der Waals surface area contributed by atoms with E-state index in [-0.39, 0.29) is 17.2 Å². The standard InChI is InChI=1S/C10H10INO4/c1-5(13)12-8-4-9(16-2)7(11)3-6(8)10(14)15/h3-4H,1-2H3,(H,12,13)(H,14,15). The van der Waals surface area contributed by atoms with Gasteiger partial charge in [-0.15, -0.1) is 0 Å². The average Bonchev–Trinajstić information content (AvgIpc) is 2.19. The number of anilines is 1. The van der Waals surface area contributed by atoms with Crippen molar-refractivity contribution in [1.29, 1.82) is 0 Å². The maximum Gasteiger partial charge on any atom is 0.337 e. The Labute approximate surface area is 106 Å². The smallest absolute Gasteiger partial charge is 0.337 e. The van der Waals surface area contributed by atoms with E-state index in [1.807, 2.05) is 22.6 Å². The van der Waals surface area contributed by atoms with Gasteiger partial charge in [-0.1, -0.05) is 0 Å². The van der Waals surface area contributed by atoms with Crippen molar-refractivity contribution >= 4 is 40.2 Å². The Kier molecular flexibility index (Phi) is 4.11. The Hall–Kier alpha value is -1.31. The van der Waals surface area contributed by atoms with Crippen molar-refractivity contribution < 1.29 is 19.4 Å². The highest BCUT2D eigenvalue weighted by molar-refractivity contribution is 14.1. The van der Waals surface area contributed by atoms with E-state index in [1.54, 1.807) is 0 Å². The minimum atomic E-state index is -1.09. The number of ether oxygens (including phenoxy) is 1. The van der Waals surface area contributed by atoms with Gasteiger partial charge in [0.05, 0.1) is 21.9 Å². The molecule has 0 fully saturated rings. The van der Waals surface area contributed by atoms with Crippen LogP contribution in [0.25, 0.3) is 0 Å². The maximum atomic E-state index is 11.0. The van der Waals surface area contributed by atoms with Crippen LogP contribution in [0.4, 0.5) is 5.69 Å². The molecule has 5 nitrogen and oxygen atoms in total. The molecular formula is C10H10INO4. The van der Waals surface area contributed by atoms with Crippen LogP contribution in [-0.4, -0.2) is 24.1 Å². The number of halogens is 1. The number of rotatable bonds is 3. The second kappa shape index (κ2) is 5.15. The summed E-state index contributed by atoms with van der Waals surface area (Å²) in [7, 11) is 1.48. The van der Waals surface area contributed by atoms with Crippen LogP contribution < -0.4 is 10.1 Å². The van der Waals surface area contributed by atoms with Gasteiger partial charge in [-0.25, -0.2) is 4.79 Å². The molecule has 0 atom stereocenters. The molecule has 0 radical (unpaired) electrons. The van der Waals surface area contributed by atoms with Crippen molar-refractivity contribution in [2.45, 2.75) is 6.92 Å². The molecule has 0 aliphatic rings. The number of nitrogens with one attached hydrogen (secondary N) is 1. The number of hydrogen-bond donors (Lipinski definition) is 2. The third kappa shape index (κ3) is 2.84. The quantitative estimate of drug-likeness (QED) is 0.828. The Balaban J connectivity index is 3.30. The lowest BCUT2D eigenvalue weighted by atomic mass is 10.1. The predicted molar refractivity (Wildman–Crippen MR) is 67.0 cm³/mol. The van der Waals surface area contributed by atoms with Crippen molar-refractivity contribution in [3.05, 3.63) is 21.3 Å². The fourth-order valence-corrected chi connectivity index (χ4v) is 1.87. The van der Waals surface area contributed by atoms with Crippen LogP contribution in [0.2, 0.25) is 0 Å². The van der Waals surface area contributed by atoms with Gasteiger partial charge in [-0.2, -0.15) is 0 Å². The number of carboxylic acid groups (broad SMARTS) is 1. The number of carbonyl (C=O) groups excluding carboxylic acids is 1. The Morgan fingerprint density at radius 1 is 1.44 bits per heavy atom. The zero-order chi connectivity index (χ0) is 12.3. The summed E-state index contributed by atoms with van der Waals surface area (Å²) in [6.07, 6.45) is 0. The normalized spacial score (nSPS) is 9.69. The molecule has 0 heterocycles. The molecule has 1 amide bonds. The molecule has 0 aromatic heterocycles. The fourth-order valence-electron chi connectivity index (χ4n) is 1.18. The van der Waals surface area contributed by atoms with Crippen LogP contribution in [0.3, 0.4) is 0 Å². The van der Waals surface area contributed by atoms with Gasteiger partial charge < -0.3 is 15.2 Å². The number of carbonyl (C=O) groups is 2. The van der Waals surface area contributed by atoms with Gasteiger partial charge in [0, 0.05) is 13.0 Å². The summed E-state index contributed by atoms with van der Waals surface area (Å²) in [4.78, 5) is 21.9. The zero-order valence-corrected chi connectivity index (χ0v) is 10.9. The maximum absolute atomic E-state index is 11.0. The minimum Gasteiger partial charge on any atom is -0.496 e. The number of benzene rings is 1. The first-order valence-electron chi connectivity index (χ1n) is 4.34. The van der Waals surface area contributed by atoms with Crippen LogP contribution >= 0.6 is 22.6 Å². The number of amides is 1. The second-order valence-electron chi connectivity index (χ2n) is 3.02. The van der Waals surface area contributed by atoms with E-state index < -0.39 is 5.97 Å². The number of methoxy groups -OCH3 is 1. The summed E-state index contributed by atoms with van der Waals surface area (Å²) in [6, 6.07) is 2.94. The molecule has 2 N–H and O–H groups in total. The van der Waals surface area contributed by atoms with E-state index in [0.29, 0.717) is 9.32 Å². The number of aromatic carboxylic acids is 1. The van der Waals surface area contributed by atoms with Crippen LogP contribution in [-0.2, 0) is 4.79 Å². The molecule has 0 bridgehead atoms. The van der Waals surface area contributed by atoms with E-state index in [0.717, 1.165) is 0 Å². The highest BCUT2D eigenvalue weighted by Crippen LogP contribution is 2.28. The fraction of sp³-hybridized carbons (Fsp3) is 0.200. The molecule has 1 rings (SSSR count). The monoisotopic (exact) mass is 335 g/mol. The average molecular weight is 335 g/mol. The first-order valence-corrected chi connectivity index (χ1v) is 5.42. The van der Waals surface area contributed by atoms with Gasteiger partial charge in [0.15, 0.2) is 0 Å². The lowest BCUT2D eigenvalue weighted by Gasteiger charge is -2.10. The van der Waals surface area contributed by atoms with Gasteiger partial charge in [0.2, 0.25) is 5.91 Å². The highest BCUT2D eigenvalue weighted by Gasteiger charge is 2.15. The largest absolute Gasteiger partial charge is 0.496 e. The Morgan fingerprint density at radius 3 is 2.50 bits per heavy atom. The van der Waals surface area contributed by atoms with Crippen molar-refractivity contribution in [2.24, 2.45) is 0 Å². The molecule has 0 unspecified atom stereocenters. The van der Waals surface area contributed by atoms with E-state index >= 15 is 0 Å². The molecule has 0 aliphatic carbocycles. The van der Waals surface area contributed by atoms with Gasteiger partial charge in [-0.05, 0) is 28.7 Å². The Bertz CT molecular complexity index is 445. The summed E-state index contributed by atoms with van der Waals surface area (Å²) in [5, 5.41) is 11.4. The topological polar surface area (TPSA) is 75.6 Å². The molecule has 1 aromatic carbocycles. The first kappa shape index (κ1) is 12.8. The molecule has 0 aliphatic heterocycles. The van der Waals surface area contributed by atoms with E-state index in [2.05, 4.69) is 5.32 Å². The summed E-state index contributed by atoms with van der Waals surface area (Å²) in [5.74, 6) is -0.899. The molecule has 1 aromatic rings. The van der Waals surface area contributed by atoms with Crippen LogP contribution in [0.1, 0.15) is 17.3 Å². The molecule has 0 saturated carbocycles. The van der Waals surface area contributed by atoms with Gasteiger partial charge in [-0.3, -0.25) is 4.79 Å². The lowest BCUT2D eigenvalue weighted by Crippen LogP contribution is -2.11. The van der Waals surface area contributed by atoms with Crippen molar-refractivity contribution in [3.63, 3.8) is 0 Å². The number of carboxylic acids is 1. The van der Waals surface area contributed by atoms with Gasteiger partial charge in [0.1, 0.15) is 5.75 Å². The van der Waals surface area contributed by atoms with E-state index in [4.69, 9.17) is 9.84 Å². The molecule has 6 heteroatoms. The third-order valence-electron chi connectivity index (χ3n) is 1.83. The number of hydrogen-bond acceptors (Lipinski definition) is 3. The Morgan fingerprint density at radius 2 is 2.06 bits per heavy atom. The summed E-state index contributed by atoms with van der Waals surface area (Å²) < 4.78 is 5.72. The van der Waals surface area contributed by atoms with Crippen molar-refractivity contribution in [2.75, 3.05) is 12.4 Å². The highest BCUT2D eigenvalue weighted by atomic mass is 127. The van der Waals surface area contributed by atoms with Crippen LogP contribution in [0.5, 0.6) is 5.75 Å². The van der Waals surface area contributed by atoms with E-state index in [9.17, 15) is 9.59 Å². The third-order valence-corrected chi connectivity index (χ3v) is 2.68. The van der Waals surface area contributed by atoms with Crippen LogP contribution in [0.15, 0.2) is 12.1 Å². The molecule has 0 saturated heterocycles. The molecule has 86 valence electrons. The van der Waals surface area contributed by atoms with Crippen molar-refractivity contribution in [3.8, 4) is 5.75 Å². The van der Waals surface area contributed by atoms with Gasteiger partial charge >= 0.3 is 5.97 Å².